The van der Waals surface area contributed by atoms with Crippen molar-refractivity contribution in [1.82, 2.24) is 4.98 Å². The highest BCUT2D eigenvalue weighted by atomic mass is 16.2. The Labute approximate surface area is 87.5 Å². The second-order valence-corrected chi connectivity index (χ2v) is 3.56. The Kier molecular flexibility index (Phi) is 2.43. The van der Waals surface area contributed by atoms with Gasteiger partial charge in [-0.1, -0.05) is 0 Å². The Balaban J connectivity index is 2.25. The molecule has 0 aliphatic heterocycles. The Bertz CT molecular complexity index is 487. The fourth-order valence-corrected chi connectivity index (χ4v) is 1.39. The van der Waals surface area contributed by atoms with E-state index in [1.807, 2.05) is 30.5 Å². The maximum absolute atomic E-state index is 11.3. The molecule has 0 fully saturated rings. The van der Waals surface area contributed by atoms with E-state index < -0.39 is 6.04 Å². The first kappa shape index (κ1) is 9.73. The van der Waals surface area contributed by atoms with Gasteiger partial charge in [-0.05, 0) is 31.2 Å². The zero-order valence-electron chi connectivity index (χ0n) is 8.45. The van der Waals surface area contributed by atoms with E-state index in [0.29, 0.717) is 0 Å². The van der Waals surface area contributed by atoms with Crippen molar-refractivity contribution in [3.8, 4) is 0 Å². The van der Waals surface area contributed by atoms with E-state index >= 15 is 0 Å². The highest BCUT2D eigenvalue weighted by molar-refractivity contribution is 5.96. The lowest BCUT2D eigenvalue weighted by molar-refractivity contribution is -0.117. The van der Waals surface area contributed by atoms with Gasteiger partial charge in [0.15, 0.2) is 0 Å². The average Bonchev–Trinajstić information content (AvgIpc) is 2.64. The number of hydrogen-bond acceptors (Lipinski definition) is 2. The number of carbonyl (C=O) groups excluding carboxylic acids is 1. The average molecular weight is 203 g/mol. The number of nitrogens with two attached hydrogens (primary N) is 1. The molecule has 4 heteroatoms. The minimum atomic E-state index is -0.494. The Morgan fingerprint density at radius 1 is 1.47 bits per heavy atom. The van der Waals surface area contributed by atoms with Gasteiger partial charge in [-0.2, -0.15) is 0 Å². The molecule has 0 aliphatic rings. The minimum absolute atomic E-state index is 0.176. The van der Waals surface area contributed by atoms with Gasteiger partial charge >= 0.3 is 0 Å². The molecule has 2 rings (SSSR count). The van der Waals surface area contributed by atoms with Crippen LogP contribution < -0.4 is 11.1 Å². The monoisotopic (exact) mass is 203 g/mol. The number of amides is 1. The van der Waals surface area contributed by atoms with Crippen LogP contribution in [0.2, 0.25) is 0 Å². The van der Waals surface area contributed by atoms with E-state index in [2.05, 4.69) is 10.3 Å². The van der Waals surface area contributed by atoms with Crippen molar-refractivity contribution in [2.24, 2.45) is 5.73 Å². The third-order valence-corrected chi connectivity index (χ3v) is 2.23. The van der Waals surface area contributed by atoms with Crippen LogP contribution >= 0.6 is 0 Å². The van der Waals surface area contributed by atoms with Crippen molar-refractivity contribution >= 4 is 22.5 Å². The number of H-pyrrole nitrogens is 1. The molecular weight excluding hydrogens is 190 g/mol. The number of aromatic nitrogens is 1. The van der Waals surface area contributed by atoms with Gasteiger partial charge in [-0.25, -0.2) is 0 Å². The van der Waals surface area contributed by atoms with Crippen LogP contribution in [0.25, 0.3) is 10.9 Å². The molecule has 15 heavy (non-hydrogen) atoms. The van der Waals surface area contributed by atoms with Crippen LogP contribution in [0.3, 0.4) is 0 Å². The van der Waals surface area contributed by atoms with Crippen molar-refractivity contribution in [3.05, 3.63) is 30.5 Å². The summed E-state index contributed by atoms with van der Waals surface area (Å²) in [5.41, 5.74) is 7.28. The number of carbonyl (C=O) groups is 1. The second-order valence-electron chi connectivity index (χ2n) is 3.56. The van der Waals surface area contributed by atoms with Gasteiger partial charge in [0.1, 0.15) is 0 Å². The zero-order valence-corrected chi connectivity index (χ0v) is 8.45. The number of rotatable bonds is 2. The summed E-state index contributed by atoms with van der Waals surface area (Å²) in [4.78, 5) is 14.4. The highest BCUT2D eigenvalue weighted by Crippen LogP contribution is 2.17. The summed E-state index contributed by atoms with van der Waals surface area (Å²) in [5.74, 6) is -0.176. The van der Waals surface area contributed by atoms with Crippen molar-refractivity contribution in [1.29, 1.82) is 0 Å². The van der Waals surface area contributed by atoms with Crippen LogP contribution in [0.1, 0.15) is 6.92 Å². The lowest BCUT2D eigenvalue weighted by Gasteiger charge is -2.07. The number of aromatic amines is 1. The van der Waals surface area contributed by atoms with E-state index in [1.54, 1.807) is 6.92 Å². The number of anilines is 1. The van der Waals surface area contributed by atoms with Crippen LogP contribution in [0.15, 0.2) is 30.5 Å². The molecule has 0 saturated heterocycles. The van der Waals surface area contributed by atoms with Gasteiger partial charge in [0.05, 0.1) is 6.04 Å². The molecule has 78 valence electrons. The Hall–Kier alpha value is -1.81. The van der Waals surface area contributed by atoms with E-state index in [4.69, 9.17) is 5.73 Å². The molecule has 1 atom stereocenters. The molecule has 1 aromatic carbocycles. The molecular formula is C11H13N3O. The first-order chi connectivity index (χ1) is 7.16. The van der Waals surface area contributed by atoms with E-state index in [1.165, 1.54) is 0 Å². The quantitative estimate of drug-likeness (QED) is 0.691. The van der Waals surface area contributed by atoms with Gasteiger partial charge < -0.3 is 16.0 Å². The molecule has 0 saturated carbocycles. The minimum Gasteiger partial charge on any atom is -0.361 e. The summed E-state index contributed by atoms with van der Waals surface area (Å²) >= 11 is 0. The smallest absolute Gasteiger partial charge is 0.240 e. The van der Waals surface area contributed by atoms with Crippen molar-refractivity contribution in [2.75, 3.05) is 5.32 Å². The number of benzene rings is 1. The molecule has 1 aromatic heterocycles. The molecule has 0 unspecified atom stereocenters. The lowest BCUT2D eigenvalue weighted by Crippen LogP contribution is -2.32. The highest BCUT2D eigenvalue weighted by Gasteiger charge is 2.07. The van der Waals surface area contributed by atoms with Crippen LogP contribution in [-0.2, 0) is 4.79 Å². The summed E-state index contributed by atoms with van der Waals surface area (Å²) in [6.45, 7) is 1.66. The number of hydrogen-bond donors (Lipinski definition) is 3. The first-order valence-corrected chi connectivity index (χ1v) is 4.80. The lowest BCUT2D eigenvalue weighted by atomic mass is 10.2. The van der Waals surface area contributed by atoms with Crippen molar-refractivity contribution in [3.63, 3.8) is 0 Å². The van der Waals surface area contributed by atoms with E-state index in [0.717, 1.165) is 16.6 Å². The second kappa shape index (κ2) is 3.74. The number of nitrogens with one attached hydrogen (secondary N) is 2. The van der Waals surface area contributed by atoms with E-state index in [-0.39, 0.29) is 5.91 Å². The fourth-order valence-electron chi connectivity index (χ4n) is 1.39. The van der Waals surface area contributed by atoms with Gasteiger partial charge in [0, 0.05) is 22.8 Å². The molecule has 0 spiro atoms. The molecule has 1 amide bonds. The molecule has 0 bridgehead atoms. The van der Waals surface area contributed by atoms with Gasteiger partial charge in [0.2, 0.25) is 5.91 Å². The maximum atomic E-state index is 11.3. The van der Waals surface area contributed by atoms with Crippen LogP contribution in [0.5, 0.6) is 0 Å². The summed E-state index contributed by atoms with van der Waals surface area (Å²) < 4.78 is 0. The molecule has 0 aliphatic carbocycles. The Morgan fingerprint density at radius 3 is 3.00 bits per heavy atom. The predicted molar refractivity (Wildman–Crippen MR) is 60.6 cm³/mol. The van der Waals surface area contributed by atoms with Crippen molar-refractivity contribution in [2.45, 2.75) is 13.0 Å². The maximum Gasteiger partial charge on any atom is 0.240 e. The third-order valence-electron chi connectivity index (χ3n) is 2.23. The largest absolute Gasteiger partial charge is 0.361 e. The normalized spacial score (nSPS) is 12.7. The van der Waals surface area contributed by atoms with E-state index in [9.17, 15) is 4.79 Å². The SMILES string of the molecule is C[C@H](N)C(=O)Nc1ccc2[nH]ccc2c1. The summed E-state index contributed by atoms with van der Waals surface area (Å²) in [6.07, 6.45) is 1.86. The fraction of sp³-hybridized carbons (Fsp3) is 0.182. The predicted octanol–water partition coefficient (Wildman–Crippen LogP) is 1.45. The molecule has 4 nitrogen and oxygen atoms in total. The van der Waals surface area contributed by atoms with Crippen LogP contribution in [-0.4, -0.2) is 16.9 Å². The van der Waals surface area contributed by atoms with Crippen molar-refractivity contribution < 1.29 is 4.79 Å². The third kappa shape index (κ3) is 1.99. The molecule has 2 aromatic rings. The first-order valence-electron chi connectivity index (χ1n) is 4.80. The van der Waals surface area contributed by atoms with Gasteiger partial charge in [0.25, 0.3) is 0 Å². The zero-order chi connectivity index (χ0) is 10.8. The molecule has 4 N–H and O–H groups in total. The number of fused-ring (bicyclic) bond motifs is 1. The summed E-state index contributed by atoms with van der Waals surface area (Å²) in [7, 11) is 0. The summed E-state index contributed by atoms with van der Waals surface area (Å²) in [6, 6.07) is 7.14. The standard InChI is InChI=1S/C11H13N3O/c1-7(12)11(15)14-9-2-3-10-8(6-9)4-5-13-10/h2-7,13H,12H2,1H3,(H,14,15)/t7-/m0/s1. The van der Waals surface area contributed by atoms with Gasteiger partial charge in [-0.15, -0.1) is 0 Å². The Morgan fingerprint density at radius 2 is 2.27 bits per heavy atom. The van der Waals surface area contributed by atoms with Gasteiger partial charge in [-0.3, -0.25) is 4.79 Å². The topological polar surface area (TPSA) is 70.9 Å². The van der Waals surface area contributed by atoms with Crippen LogP contribution in [0.4, 0.5) is 5.69 Å². The molecule has 1 heterocycles. The molecule has 0 radical (unpaired) electrons. The van der Waals surface area contributed by atoms with Crippen LogP contribution in [0, 0.1) is 0 Å². The summed E-state index contributed by atoms with van der Waals surface area (Å²) in [5, 5.41) is 3.81.